The van der Waals surface area contributed by atoms with Crippen LogP contribution in [0.2, 0.25) is 0 Å². The van der Waals surface area contributed by atoms with Gasteiger partial charge in [0.1, 0.15) is 0 Å². The van der Waals surface area contributed by atoms with Gasteiger partial charge >= 0.3 is 6.09 Å². The van der Waals surface area contributed by atoms with Crippen LogP contribution in [0.3, 0.4) is 0 Å². The van der Waals surface area contributed by atoms with Gasteiger partial charge in [-0.25, -0.2) is 4.79 Å². The van der Waals surface area contributed by atoms with E-state index in [1.165, 1.54) is 12.0 Å². The minimum absolute atomic E-state index is 0.0192. The highest BCUT2D eigenvalue weighted by atomic mass is 16.5. The van der Waals surface area contributed by atoms with Crippen LogP contribution in [0, 0.1) is 6.92 Å². The predicted octanol–water partition coefficient (Wildman–Crippen LogP) is 5.42. The molecule has 31 heavy (non-hydrogen) atoms. The van der Waals surface area contributed by atoms with E-state index in [2.05, 4.69) is 9.97 Å². The molecule has 6 heteroatoms. The molecule has 1 unspecified atom stereocenters. The SMILES string of the molecule is CCN(C(=O)OC)c1cc(C(=O)CC(C)c2cnccn2)cc(-c2ccc(C)cc2)c1. The third-order valence-electron chi connectivity index (χ3n) is 5.23. The summed E-state index contributed by atoms with van der Waals surface area (Å²) < 4.78 is 4.93. The molecule has 2 aromatic carbocycles. The van der Waals surface area contributed by atoms with Gasteiger partial charge in [-0.3, -0.25) is 19.7 Å². The molecule has 1 heterocycles. The van der Waals surface area contributed by atoms with E-state index in [0.29, 0.717) is 24.2 Å². The Labute approximate surface area is 182 Å². The molecule has 0 saturated carbocycles. The number of methoxy groups -OCH3 is 1. The first-order valence-electron chi connectivity index (χ1n) is 10.3. The Morgan fingerprint density at radius 1 is 1.06 bits per heavy atom. The number of rotatable bonds is 7. The molecule has 0 aliphatic carbocycles. The molecule has 6 nitrogen and oxygen atoms in total. The van der Waals surface area contributed by atoms with Gasteiger partial charge < -0.3 is 4.74 Å². The van der Waals surface area contributed by atoms with Gasteiger partial charge in [0.2, 0.25) is 0 Å². The van der Waals surface area contributed by atoms with Gasteiger partial charge in [-0.15, -0.1) is 0 Å². The zero-order valence-corrected chi connectivity index (χ0v) is 18.3. The van der Waals surface area contributed by atoms with Crippen molar-refractivity contribution < 1.29 is 14.3 Å². The lowest BCUT2D eigenvalue weighted by atomic mass is 9.94. The molecular formula is C25H27N3O3. The predicted molar refractivity (Wildman–Crippen MR) is 121 cm³/mol. The van der Waals surface area contributed by atoms with Crippen molar-refractivity contribution in [3.8, 4) is 11.1 Å². The second kappa shape index (κ2) is 9.98. The number of aromatic nitrogens is 2. The van der Waals surface area contributed by atoms with Crippen molar-refractivity contribution in [1.29, 1.82) is 0 Å². The highest BCUT2D eigenvalue weighted by molar-refractivity contribution is 6.00. The molecule has 0 radical (unpaired) electrons. The van der Waals surface area contributed by atoms with Gasteiger partial charge in [-0.2, -0.15) is 0 Å². The van der Waals surface area contributed by atoms with Crippen LogP contribution < -0.4 is 4.90 Å². The van der Waals surface area contributed by atoms with Crippen LogP contribution in [0.15, 0.2) is 61.1 Å². The molecule has 0 N–H and O–H groups in total. The van der Waals surface area contributed by atoms with Crippen molar-refractivity contribution in [3.63, 3.8) is 0 Å². The average molecular weight is 418 g/mol. The van der Waals surface area contributed by atoms with Crippen molar-refractivity contribution in [2.45, 2.75) is 33.1 Å². The number of Topliss-reactive ketones (excluding diaryl/α,β-unsaturated/α-hetero) is 1. The first-order valence-corrected chi connectivity index (χ1v) is 10.3. The smallest absolute Gasteiger partial charge is 0.413 e. The highest BCUT2D eigenvalue weighted by Crippen LogP contribution is 2.29. The Morgan fingerprint density at radius 3 is 2.42 bits per heavy atom. The van der Waals surface area contributed by atoms with Crippen LogP contribution >= 0.6 is 0 Å². The number of aryl methyl sites for hydroxylation is 1. The van der Waals surface area contributed by atoms with Gasteiger partial charge in [0.05, 0.1) is 12.8 Å². The summed E-state index contributed by atoms with van der Waals surface area (Å²) in [5, 5.41) is 0. The summed E-state index contributed by atoms with van der Waals surface area (Å²) >= 11 is 0. The van der Waals surface area contributed by atoms with Crippen molar-refractivity contribution in [3.05, 3.63) is 77.9 Å². The fourth-order valence-corrected chi connectivity index (χ4v) is 3.43. The summed E-state index contributed by atoms with van der Waals surface area (Å²) in [5.41, 5.74) is 4.95. The molecule has 3 rings (SSSR count). The maximum atomic E-state index is 13.2. The van der Waals surface area contributed by atoms with Gasteiger partial charge in [0.25, 0.3) is 0 Å². The number of benzene rings is 2. The molecule has 0 spiro atoms. The molecule has 1 amide bonds. The lowest BCUT2D eigenvalue weighted by Crippen LogP contribution is -2.30. The van der Waals surface area contributed by atoms with E-state index < -0.39 is 6.09 Å². The summed E-state index contributed by atoms with van der Waals surface area (Å²) in [7, 11) is 1.35. The molecule has 0 fully saturated rings. The largest absolute Gasteiger partial charge is 0.452 e. The van der Waals surface area contributed by atoms with Crippen molar-refractivity contribution in [2.24, 2.45) is 0 Å². The summed E-state index contributed by atoms with van der Waals surface area (Å²) in [4.78, 5) is 35.4. The first kappa shape index (κ1) is 22.2. The minimum atomic E-state index is -0.463. The number of anilines is 1. The molecule has 1 atom stereocenters. The summed E-state index contributed by atoms with van der Waals surface area (Å²) in [6.07, 6.45) is 4.75. The standard InChI is InChI=1S/C25H27N3O3/c1-5-28(25(30)31-4)22-14-20(19-8-6-17(2)7-9-19)13-21(15-22)24(29)12-18(3)23-16-26-10-11-27-23/h6-11,13-16,18H,5,12H2,1-4H3. The van der Waals surface area contributed by atoms with E-state index in [-0.39, 0.29) is 11.7 Å². The Kier molecular flexibility index (Phi) is 7.13. The number of amides is 1. The number of ether oxygens (including phenoxy) is 1. The Morgan fingerprint density at radius 2 is 1.81 bits per heavy atom. The normalized spacial score (nSPS) is 11.6. The fourth-order valence-electron chi connectivity index (χ4n) is 3.43. The van der Waals surface area contributed by atoms with Gasteiger partial charge in [0, 0.05) is 48.7 Å². The number of hydrogen-bond acceptors (Lipinski definition) is 5. The van der Waals surface area contributed by atoms with E-state index in [1.807, 2.05) is 57.2 Å². The number of ketones is 1. The van der Waals surface area contributed by atoms with Gasteiger partial charge in [-0.1, -0.05) is 36.8 Å². The quantitative estimate of drug-likeness (QED) is 0.480. The first-order chi connectivity index (χ1) is 14.9. The third kappa shape index (κ3) is 5.34. The molecule has 0 aliphatic rings. The molecular weight excluding hydrogens is 390 g/mol. The highest BCUT2D eigenvalue weighted by Gasteiger charge is 2.20. The van der Waals surface area contributed by atoms with Crippen LogP contribution in [-0.2, 0) is 4.74 Å². The van der Waals surface area contributed by atoms with Crippen LogP contribution in [-0.4, -0.2) is 35.5 Å². The zero-order valence-electron chi connectivity index (χ0n) is 18.3. The maximum Gasteiger partial charge on any atom is 0.413 e. The molecule has 0 saturated heterocycles. The molecule has 160 valence electrons. The van der Waals surface area contributed by atoms with E-state index in [0.717, 1.165) is 22.4 Å². The number of carbonyl (C=O) groups is 2. The third-order valence-corrected chi connectivity index (χ3v) is 5.23. The molecule has 0 aliphatic heterocycles. The lowest BCUT2D eigenvalue weighted by Gasteiger charge is -2.21. The number of nitrogens with zero attached hydrogens (tertiary/aromatic N) is 3. The topological polar surface area (TPSA) is 72.4 Å². The Hall–Kier alpha value is -3.54. The number of carbonyl (C=O) groups excluding carboxylic acids is 2. The number of hydrogen-bond donors (Lipinski definition) is 0. The summed E-state index contributed by atoms with van der Waals surface area (Å²) in [6.45, 7) is 6.28. The van der Waals surface area contributed by atoms with Gasteiger partial charge in [-0.05, 0) is 43.2 Å². The summed E-state index contributed by atoms with van der Waals surface area (Å²) in [6, 6.07) is 13.6. The van der Waals surface area contributed by atoms with Crippen molar-refractivity contribution in [1.82, 2.24) is 9.97 Å². The second-order valence-electron chi connectivity index (χ2n) is 7.51. The minimum Gasteiger partial charge on any atom is -0.452 e. The van der Waals surface area contributed by atoms with E-state index in [4.69, 9.17) is 4.74 Å². The molecule has 0 bridgehead atoms. The maximum absolute atomic E-state index is 13.2. The van der Waals surface area contributed by atoms with Crippen LogP contribution in [0.1, 0.15) is 47.8 Å². The average Bonchev–Trinajstić information content (AvgIpc) is 2.80. The lowest BCUT2D eigenvalue weighted by molar-refractivity contribution is 0.0975. The van der Waals surface area contributed by atoms with Crippen LogP contribution in [0.4, 0.5) is 10.5 Å². The van der Waals surface area contributed by atoms with Gasteiger partial charge in [0.15, 0.2) is 5.78 Å². The molecule has 3 aromatic rings. The Bertz CT molecular complexity index is 1050. The monoisotopic (exact) mass is 417 g/mol. The van der Waals surface area contributed by atoms with E-state index >= 15 is 0 Å². The zero-order chi connectivity index (χ0) is 22.4. The van der Waals surface area contributed by atoms with E-state index in [1.54, 1.807) is 24.7 Å². The van der Waals surface area contributed by atoms with Crippen molar-refractivity contribution in [2.75, 3.05) is 18.6 Å². The van der Waals surface area contributed by atoms with Crippen LogP contribution in [0.25, 0.3) is 11.1 Å². The van der Waals surface area contributed by atoms with Crippen molar-refractivity contribution >= 4 is 17.6 Å². The molecule has 1 aromatic heterocycles. The fraction of sp³-hybridized carbons (Fsp3) is 0.280. The van der Waals surface area contributed by atoms with E-state index in [9.17, 15) is 9.59 Å². The second-order valence-corrected chi connectivity index (χ2v) is 7.51. The Balaban J connectivity index is 2.00. The summed E-state index contributed by atoms with van der Waals surface area (Å²) in [5.74, 6) is -0.0927. The van der Waals surface area contributed by atoms with Crippen LogP contribution in [0.5, 0.6) is 0 Å².